The van der Waals surface area contributed by atoms with Crippen molar-refractivity contribution < 1.29 is 29.0 Å². The predicted octanol–water partition coefficient (Wildman–Crippen LogP) is 4.45. The number of rotatable bonds is 10. The highest BCUT2D eigenvalue weighted by Gasteiger charge is 2.79. The Morgan fingerprint density at radius 2 is 1.79 bits per heavy atom. The van der Waals surface area contributed by atoms with Crippen molar-refractivity contribution in [3.8, 4) is 5.75 Å². The van der Waals surface area contributed by atoms with Crippen molar-refractivity contribution in [2.75, 3.05) is 23.8 Å². The third kappa shape index (κ3) is 4.76. The van der Waals surface area contributed by atoms with E-state index in [4.69, 9.17) is 9.47 Å². The van der Waals surface area contributed by atoms with Crippen molar-refractivity contribution in [1.29, 1.82) is 0 Å². The van der Waals surface area contributed by atoms with Crippen LogP contribution in [0.3, 0.4) is 0 Å². The first-order valence-electron chi connectivity index (χ1n) is 15.1. The van der Waals surface area contributed by atoms with Crippen LogP contribution in [0.2, 0.25) is 0 Å². The third-order valence-electron chi connectivity index (χ3n) is 9.55. The molecule has 2 aromatic carbocycles. The number of aryl methyl sites for hydroxylation is 2. The van der Waals surface area contributed by atoms with Gasteiger partial charge in [0.15, 0.2) is 0 Å². The summed E-state index contributed by atoms with van der Waals surface area (Å²) in [5, 5.41) is 16.5. The number of hydrogen-bond donors (Lipinski definition) is 3. The van der Waals surface area contributed by atoms with Gasteiger partial charge in [-0.25, -0.2) is 0 Å². The van der Waals surface area contributed by atoms with Gasteiger partial charge in [0.1, 0.15) is 17.4 Å². The highest BCUT2D eigenvalue weighted by Crippen LogP contribution is 2.64. The Hall–Kier alpha value is -3.43. The van der Waals surface area contributed by atoms with E-state index in [0.29, 0.717) is 43.0 Å². The van der Waals surface area contributed by atoms with E-state index in [1.807, 2.05) is 59.7 Å². The number of likely N-dealkylation sites (tertiary alicyclic amines) is 1. The fourth-order valence-electron chi connectivity index (χ4n) is 7.42. The van der Waals surface area contributed by atoms with E-state index in [9.17, 15) is 19.5 Å². The van der Waals surface area contributed by atoms with Gasteiger partial charge in [-0.15, -0.1) is 0 Å². The molecule has 9 nitrogen and oxygen atoms in total. The molecule has 2 aromatic rings. The predicted molar refractivity (Wildman–Crippen MR) is 160 cm³/mol. The van der Waals surface area contributed by atoms with E-state index in [1.54, 1.807) is 24.3 Å². The Labute approximate surface area is 248 Å². The first-order chi connectivity index (χ1) is 20.0. The molecule has 6 atom stereocenters. The van der Waals surface area contributed by atoms with Gasteiger partial charge in [-0.3, -0.25) is 14.4 Å². The molecule has 3 saturated heterocycles. The van der Waals surface area contributed by atoms with E-state index in [0.717, 1.165) is 11.1 Å². The van der Waals surface area contributed by atoms with Gasteiger partial charge in [0.2, 0.25) is 17.7 Å². The molecule has 42 heavy (non-hydrogen) atoms. The lowest BCUT2D eigenvalue weighted by Gasteiger charge is -2.38. The molecule has 2 unspecified atom stereocenters. The topological polar surface area (TPSA) is 117 Å². The van der Waals surface area contributed by atoms with E-state index in [-0.39, 0.29) is 30.2 Å². The molecule has 3 N–H and O–H groups in total. The molecule has 0 radical (unpaired) electrons. The first-order valence-corrected chi connectivity index (χ1v) is 15.1. The third-order valence-corrected chi connectivity index (χ3v) is 9.55. The summed E-state index contributed by atoms with van der Waals surface area (Å²) in [7, 11) is 0. The second kappa shape index (κ2) is 11.3. The normalized spacial score (nSPS) is 28.6. The molecule has 5 rings (SSSR count). The number of anilines is 2. The number of hydrogen-bond acceptors (Lipinski definition) is 6. The lowest BCUT2D eigenvalue weighted by molar-refractivity contribution is -0.149. The van der Waals surface area contributed by atoms with Crippen LogP contribution in [0.25, 0.3) is 0 Å². The largest absolute Gasteiger partial charge is 0.494 e. The summed E-state index contributed by atoms with van der Waals surface area (Å²) >= 11 is 0. The molecule has 2 bridgehead atoms. The summed E-state index contributed by atoms with van der Waals surface area (Å²) in [5.41, 5.74) is 1.10. The van der Waals surface area contributed by atoms with Crippen LogP contribution in [0.5, 0.6) is 5.75 Å². The zero-order chi connectivity index (χ0) is 30.4. The van der Waals surface area contributed by atoms with Gasteiger partial charge < -0.3 is 30.1 Å². The van der Waals surface area contributed by atoms with Gasteiger partial charge in [-0.05, 0) is 87.4 Å². The fourth-order valence-corrected chi connectivity index (χ4v) is 7.42. The zero-order valence-corrected chi connectivity index (χ0v) is 25.4. The van der Waals surface area contributed by atoms with E-state index >= 15 is 0 Å². The van der Waals surface area contributed by atoms with E-state index in [1.165, 1.54) is 4.90 Å². The average molecular weight is 578 g/mol. The lowest BCUT2D eigenvalue weighted by Crippen LogP contribution is -2.57. The highest BCUT2D eigenvalue weighted by atomic mass is 16.5. The number of benzene rings is 2. The molecular formula is C33H43N3O6. The minimum Gasteiger partial charge on any atom is -0.494 e. The van der Waals surface area contributed by atoms with E-state index in [2.05, 4.69) is 10.6 Å². The summed E-state index contributed by atoms with van der Waals surface area (Å²) in [6, 6.07) is 11.3. The monoisotopic (exact) mass is 577 g/mol. The van der Waals surface area contributed by atoms with Crippen LogP contribution in [-0.2, 0) is 19.1 Å². The summed E-state index contributed by atoms with van der Waals surface area (Å²) in [6.07, 6.45) is 1.56. The Morgan fingerprint density at radius 3 is 2.40 bits per heavy atom. The van der Waals surface area contributed by atoms with Crippen molar-refractivity contribution in [2.24, 2.45) is 17.8 Å². The maximum atomic E-state index is 14.5. The van der Waals surface area contributed by atoms with Crippen molar-refractivity contribution in [3.05, 3.63) is 53.6 Å². The quantitative estimate of drug-likeness (QED) is 0.384. The molecule has 9 heteroatoms. The Balaban J connectivity index is 1.54. The molecule has 3 amide bonds. The Kier molecular flexibility index (Phi) is 8.11. The van der Waals surface area contributed by atoms with Crippen molar-refractivity contribution >= 4 is 29.1 Å². The molecule has 3 fully saturated rings. The summed E-state index contributed by atoms with van der Waals surface area (Å²) in [5.74, 6) is -2.05. The highest BCUT2D eigenvalue weighted by molar-refractivity contribution is 6.05. The zero-order valence-electron chi connectivity index (χ0n) is 25.4. The number of nitrogens with one attached hydrogen (secondary N) is 2. The van der Waals surface area contributed by atoms with Gasteiger partial charge in [0.25, 0.3) is 0 Å². The number of carbonyl (C=O) groups is 3. The van der Waals surface area contributed by atoms with Gasteiger partial charge in [-0.2, -0.15) is 0 Å². The molecule has 0 saturated carbocycles. The molecule has 3 aliphatic heterocycles. The molecule has 3 heterocycles. The minimum absolute atomic E-state index is 0.126. The molecule has 3 aliphatic rings. The average Bonchev–Trinajstić information content (AvgIpc) is 3.56. The number of aliphatic hydroxyl groups excluding tert-OH is 1. The summed E-state index contributed by atoms with van der Waals surface area (Å²) in [4.78, 5) is 44.3. The van der Waals surface area contributed by atoms with Crippen LogP contribution in [-0.4, -0.2) is 64.2 Å². The van der Waals surface area contributed by atoms with Crippen LogP contribution in [0.4, 0.5) is 11.4 Å². The molecular weight excluding hydrogens is 534 g/mol. The number of fused-ring (bicyclic) bond motifs is 1. The van der Waals surface area contributed by atoms with Crippen LogP contribution in [0.15, 0.2) is 42.5 Å². The smallest absolute Gasteiger partial charge is 0.250 e. The SMILES string of the molecule is CCOc1ccc(NC(=O)[C@@H]2[C@H]3C(=O)N([C@@H](CO)C(C)C)C(C(=O)Nc4cc(C)ccc4C)C34CC[C@@]2(CC)O4)cc1. The maximum Gasteiger partial charge on any atom is 0.250 e. The van der Waals surface area contributed by atoms with Gasteiger partial charge in [0, 0.05) is 11.4 Å². The van der Waals surface area contributed by atoms with Crippen molar-refractivity contribution in [1.82, 2.24) is 4.90 Å². The molecule has 0 aliphatic carbocycles. The Morgan fingerprint density at radius 1 is 1.07 bits per heavy atom. The summed E-state index contributed by atoms with van der Waals surface area (Å²) < 4.78 is 12.4. The lowest BCUT2D eigenvalue weighted by atomic mass is 9.65. The second-order valence-electron chi connectivity index (χ2n) is 12.3. The van der Waals surface area contributed by atoms with Crippen LogP contribution in [0.1, 0.15) is 58.1 Å². The minimum atomic E-state index is -1.18. The molecule has 1 spiro atoms. The number of aliphatic hydroxyl groups is 1. The second-order valence-corrected chi connectivity index (χ2v) is 12.3. The van der Waals surface area contributed by atoms with Gasteiger partial charge in [-0.1, -0.05) is 32.9 Å². The number of ether oxygens (including phenoxy) is 2. The number of carbonyl (C=O) groups excluding carboxylic acids is 3. The standard InChI is InChI=1S/C33H43N3O6/c1-7-32-15-16-33(42-32)27(26(32)29(38)34-22-11-13-23(14-12-22)41-8-2)31(40)36(25(18-37)19(3)4)28(33)30(39)35-24-17-20(5)9-10-21(24)6/h9-14,17,19,25-28,37H,7-8,15-16,18H2,1-6H3,(H,34,38)(H,35,39)/t25-,26-,27-,28?,32+,33?/m0/s1. The maximum absolute atomic E-state index is 14.5. The number of nitrogens with zero attached hydrogens (tertiary/aromatic N) is 1. The van der Waals surface area contributed by atoms with Crippen LogP contribution in [0, 0.1) is 31.6 Å². The Bertz CT molecular complexity index is 1360. The number of amides is 3. The molecule has 226 valence electrons. The van der Waals surface area contributed by atoms with Gasteiger partial charge >= 0.3 is 0 Å². The van der Waals surface area contributed by atoms with E-state index < -0.39 is 35.1 Å². The van der Waals surface area contributed by atoms with Crippen LogP contribution < -0.4 is 15.4 Å². The first kappa shape index (κ1) is 30.0. The van der Waals surface area contributed by atoms with Gasteiger partial charge in [0.05, 0.1) is 36.7 Å². The van der Waals surface area contributed by atoms with Crippen molar-refractivity contribution in [3.63, 3.8) is 0 Å². The summed E-state index contributed by atoms with van der Waals surface area (Å²) in [6.45, 7) is 11.8. The fraction of sp³-hybridized carbons (Fsp3) is 0.545. The van der Waals surface area contributed by atoms with Crippen LogP contribution >= 0.6 is 0 Å². The van der Waals surface area contributed by atoms with Crippen molar-refractivity contribution in [2.45, 2.75) is 84.1 Å². The molecule has 0 aromatic heterocycles.